The van der Waals surface area contributed by atoms with E-state index < -0.39 is 0 Å². The maximum Gasteiger partial charge on any atom is 0.241 e. The molecule has 0 unspecified atom stereocenters. The smallest absolute Gasteiger partial charge is 0.241 e. The molecule has 0 amide bonds. The number of nitrogens with one attached hydrogen (secondary N) is 1. The number of nitrogens with zero attached hydrogens (tertiary/aromatic N) is 3. The molecule has 6 nitrogen and oxygen atoms in total. The van der Waals surface area contributed by atoms with Gasteiger partial charge in [-0.25, -0.2) is 0 Å². The van der Waals surface area contributed by atoms with E-state index in [9.17, 15) is 0 Å². The number of hydrogen-bond donors (Lipinski definition) is 1. The van der Waals surface area contributed by atoms with E-state index >= 15 is 0 Å². The predicted octanol–water partition coefficient (Wildman–Crippen LogP) is 1.61. The summed E-state index contributed by atoms with van der Waals surface area (Å²) in [6, 6.07) is 7.95. The largest absolute Gasteiger partial charge is 0.388 e. The van der Waals surface area contributed by atoms with E-state index in [0.29, 0.717) is 18.3 Å². The van der Waals surface area contributed by atoms with E-state index in [1.807, 2.05) is 31.3 Å². The van der Waals surface area contributed by atoms with Crippen molar-refractivity contribution >= 4 is 5.69 Å². The molecule has 3 rings (SSSR count). The van der Waals surface area contributed by atoms with Crippen LogP contribution in [0, 0.1) is 0 Å². The normalized spacial score (nSPS) is 16.2. The quantitative estimate of drug-likeness (QED) is 0.914. The molecule has 1 aromatic heterocycles. The van der Waals surface area contributed by atoms with Crippen molar-refractivity contribution in [2.45, 2.75) is 6.54 Å². The van der Waals surface area contributed by atoms with Gasteiger partial charge in [-0.1, -0.05) is 5.16 Å². The fourth-order valence-corrected chi connectivity index (χ4v) is 2.17. The Morgan fingerprint density at radius 1 is 1.20 bits per heavy atom. The monoisotopic (exact) mass is 274 g/mol. The maximum atomic E-state index is 5.32. The number of anilines is 1. The van der Waals surface area contributed by atoms with Crippen LogP contribution in [-0.4, -0.2) is 48.4 Å². The van der Waals surface area contributed by atoms with Gasteiger partial charge in [0.25, 0.3) is 0 Å². The molecule has 1 fully saturated rings. The van der Waals surface area contributed by atoms with Crippen LogP contribution in [0.3, 0.4) is 0 Å². The molecule has 2 aromatic rings. The van der Waals surface area contributed by atoms with Gasteiger partial charge in [-0.3, -0.25) is 4.90 Å². The Morgan fingerprint density at radius 3 is 2.65 bits per heavy atom. The maximum absolute atomic E-state index is 5.32. The third-order valence-corrected chi connectivity index (χ3v) is 3.36. The van der Waals surface area contributed by atoms with Crippen molar-refractivity contribution in [1.29, 1.82) is 0 Å². The zero-order valence-corrected chi connectivity index (χ0v) is 11.5. The highest BCUT2D eigenvalue weighted by atomic mass is 16.5. The van der Waals surface area contributed by atoms with Crippen LogP contribution >= 0.6 is 0 Å². The second kappa shape index (κ2) is 6.02. The van der Waals surface area contributed by atoms with Crippen LogP contribution in [0.25, 0.3) is 11.4 Å². The Morgan fingerprint density at radius 2 is 1.95 bits per heavy atom. The number of morpholine rings is 1. The summed E-state index contributed by atoms with van der Waals surface area (Å²) in [4.78, 5) is 6.70. The van der Waals surface area contributed by atoms with Gasteiger partial charge < -0.3 is 14.6 Å². The van der Waals surface area contributed by atoms with Crippen molar-refractivity contribution in [3.05, 3.63) is 30.2 Å². The Balaban J connectivity index is 1.68. The van der Waals surface area contributed by atoms with Crippen LogP contribution in [0.15, 0.2) is 28.8 Å². The number of hydrogen-bond acceptors (Lipinski definition) is 6. The number of benzene rings is 1. The molecule has 1 N–H and O–H groups in total. The van der Waals surface area contributed by atoms with Crippen LogP contribution < -0.4 is 5.32 Å². The summed E-state index contributed by atoms with van der Waals surface area (Å²) >= 11 is 0. The molecule has 6 heteroatoms. The van der Waals surface area contributed by atoms with Crippen LogP contribution in [0.5, 0.6) is 0 Å². The van der Waals surface area contributed by atoms with Crippen molar-refractivity contribution in [2.24, 2.45) is 0 Å². The number of ether oxygens (including phenoxy) is 1. The molecule has 0 radical (unpaired) electrons. The third-order valence-electron chi connectivity index (χ3n) is 3.36. The lowest BCUT2D eigenvalue weighted by Crippen LogP contribution is -2.35. The molecule has 1 aromatic carbocycles. The number of aromatic nitrogens is 2. The first-order valence-corrected chi connectivity index (χ1v) is 6.76. The molecular formula is C14H18N4O2. The van der Waals surface area contributed by atoms with E-state index in [4.69, 9.17) is 9.26 Å². The lowest BCUT2D eigenvalue weighted by atomic mass is 10.2. The highest BCUT2D eigenvalue weighted by molar-refractivity contribution is 5.59. The molecule has 1 aliphatic rings. The summed E-state index contributed by atoms with van der Waals surface area (Å²) in [5.74, 6) is 1.29. The van der Waals surface area contributed by atoms with Gasteiger partial charge in [0, 0.05) is 31.4 Å². The first kappa shape index (κ1) is 13.1. The molecule has 106 valence electrons. The second-order valence-corrected chi connectivity index (χ2v) is 4.73. The fourth-order valence-electron chi connectivity index (χ4n) is 2.17. The SMILES string of the molecule is CNc1ccc(-c2noc(CN3CCOCC3)n2)cc1. The molecule has 2 heterocycles. The van der Waals surface area contributed by atoms with Crippen LogP contribution in [-0.2, 0) is 11.3 Å². The van der Waals surface area contributed by atoms with Crippen molar-refractivity contribution in [3.8, 4) is 11.4 Å². The minimum absolute atomic E-state index is 0.635. The highest BCUT2D eigenvalue weighted by Crippen LogP contribution is 2.19. The lowest BCUT2D eigenvalue weighted by Gasteiger charge is -2.24. The molecule has 0 aliphatic carbocycles. The average molecular weight is 274 g/mol. The van der Waals surface area contributed by atoms with Crippen molar-refractivity contribution in [1.82, 2.24) is 15.0 Å². The Hall–Kier alpha value is -1.92. The van der Waals surface area contributed by atoms with E-state index in [2.05, 4.69) is 20.4 Å². The first-order chi connectivity index (χ1) is 9.85. The molecule has 1 saturated heterocycles. The van der Waals surface area contributed by atoms with Crippen LogP contribution in [0.1, 0.15) is 5.89 Å². The Labute approximate surface area is 117 Å². The summed E-state index contributed by atoms with van der Waals surface area (Å²) in [6.07, 6.45) is 0. The summed E-state index contributed by atoms with van der Waals surface area (Å²) in [5, 5.41) is 7.13. The van der Waals surface area contributed by atoms with Gasteiger partial charge in [0.1, 0.15) is 0 Å². The summed E-state index contributed by atoms with van der Waals surface area (Å²) in [6.45, 7) is 4.05. The lowest BCUT2D eigenvalue weighted by molar-refractivity contribution is 0.0297. The summed E-state index contributed by atoms with van der Waals surface area (Å²) < 4.78 is 10.6. The Bertz CT molecular complexity index is 547. The van der Waals surface area contributed by atoms with E-state index in [0.717, 1.165) is 37.6 Å². The van der Waals surface area contributed by atoms with Gasteiger partial charge in [-0.05, 0) is 24.3 Å². The van der Waals surface area contributed by atoms with Crippen molar-refractivity contribution in [2.75, 3.05) is 38.7 Å². The van der Waals surface area contributed by atoms with Crippen molar-refractivity contribution < 1.29 is 9.26 Å². The van der Waals surface area contributed by atoms with Crippen LogP contribution in [0.2, 0.25) is 0 Å². The van der Waals surface area contributed by atoms with Gasteiger partial charge in [-0.2, -0.15) is 4.98 Å². The predicted molar refractivity (Wildman–Crippen MR) is 75.4 cm³/mol. The van der Waals surface area contributed by atoms with Gasteiger partial charge in [0.2, 0.25) is 11.7 Å². The van der Waals surface area contributed by atoms with E-state index in [1.54, 1.807) is 0 Å². The minimum Gasteiger partial charge on any atom is -0.388 e. The molecule has 0 bridgehead atoms. The highest BCUT2D eigenvalue weighted by Gasteiger charge is 2.15. The molecule has 0 atom stereocenters. The number of rotatable bonds is 4. The van der Waals surface area contributed by atoms with Crippen molar-refractivity contribution in [3.63, 3.8) is 0 Å². The van der Waals surface area contributed by atoms with Gasteiger partial charge in [-0.15, -0.1) is 0 Å². The molecule has 1 aliphatic heterocycles. The molecular weight excluding hydrogens is 256 g/mol. The van der Waals surface area contributed by atoms with E-state index in [-0.39, 0.29) is 0 Å². The Kier molecular flexibility index (Phi) is 3.94. The zero-order valence-electron chi connectivity index (χ0n) is 11.5. The molecule has 0 saturated carbocycles. The second-order valence-electron chi connectivity index (χ2n) is 4.73. The minimum atomic E-state index is 0.635. The molecule has 0 spiro atoms. The molecule has 20 heavy (non-hydrogen) atoms. The summed E-state index contributed by atoms with van der Waals surface area (Å²) in [5.41, 5.74) is 2.02. The average Bonchev–Trinajstić information content (AvgIpc) is 2.97. The van der Waals surface area contributed by atoms with Gasteiger partial charge in [0.15, 0.2) is 0 Å². The van der Waals surface area contributed by atoms with Gasteiger partial charge in [0.05, 0.1) is 19.8 Å². The zero-order chi connectivity index (χ0) is 13.8. The fraction of sp³-hybridized carbons (Fsp3) is 0.429. The van der Waals surface area contributed by atoms with E-state index in [1.165, 1.54) is 0 Å². The van der Waals surface area contributed by atoms with Gasteiger partial charge >= 0.3 is 0 Å². The third kappa shape index (κ3) is 2.97. The standard InChI is InChI=1S/C14H18N4O2/c1-15-12-4-2-11(3-5-12)14-16-13(20-17-14)10-18-6-8-19-9-7-18/h2-5,15H,6-10H2,1H3. The topological polar surface area (TPSA) is 63.4 Å². The summed E-state index contributed by atoms with van der Waals surface area (Å²) in [7, 11) is 1.89. The first-order valence-electron chi connectivity index (χ1n) is 6.76. The van der Waals surface area contributed by atoms with Crippen LogP contribution in [0.4, 0.5) is 5.69 Å².